The molecule has 2 heterocycles. The molecule has 0 saturated heterocycles. The van der Waals surface area contributed by atoms with Crippen molar-refractivity contribution in [2.45, 2.75) is 26.7 Å². The number of fused-ring (bicyclic) bond motifs is 1. The summed E-state index contributed by atoms with van der Waals surface area (Å²) in [6, 6.07) is 17.3. The fourth-order valence-electron chi connectivity index (χ4n) is 4.55. The lowest BCUT2D eigenvalue weighted by Crippen LogP contribution is -2.30. The minimum absolute atomic E-state index is 0.269. The number of halogens is 1. The number of allylic oxidation sites excluding steroid dienone is 6. The van der Waals surface area contributed by atoms with Gasteiger partial charge in [-0.15, -0.1) is 0 Å². The quantitative estimate of drug-likeness (QED) is 0.0933. The normalized spacial score (nSPS) is 14.3. The third-order valence-electron chi connectivity index (χ3n) is 7.15. The van der Waals surface area contributed by atoms with Gasteiger partial charge in [0.15, 0.2) is 5.78 Å². The number of rotatable bonds is 10. The van der Waals surface area contributed by atoms with Crippen molar-refractivity contribution in [3.63, 3.8) is 0 Å². The summed E-state index contributed by atoms with van der Waals surface area (Å²) < 4.78 is 19.2. The van der Waals surface area contributed by atoms with Crippen LogP contribution in [0.3, 0.4) is 0 Å². The van der Waals surface area contributed by atoms with Crippen molar-refractivity contribution in [2.24, 2.45) is 5.41 Å². The van der Waals surface area contributed by atoms with Crippen LogP contribution in [0.2, 0.25) is 0 Å². The number of ether oxygens (including phenoxy) is 1. The van der Waals surface area contributed by atoms with Crippen molar-refractivity contribution in [1.82, 2.24) is 9.97 Å². The molecule has 1 fully saturated rings. The molecule has 0 atom stereocenters. The molecule has 0 spiro atoms. The molecule has 6 nitrogen and oxygen atoms in total. The minimum atomic E-state index is -1.08. The molecule has 7 heteroatoms. The van der Waals surface area contributed by atoms with Crippen LogP contribution in [0.15, 0.2) is 121 Å². The minimum Gasteiger partial charge on any atom is -0.457 e. The Morgan fingerprint density at radius 3 is 2.36 bits per heavy atom. The van der Waals surface area contributed by atoms with Gasteiger partial charge in [-0.05, 0) is 110 Å². The summed E-state index contributed by atoms with van der Waals surface area (Å²) in [6.07, 6.45) is 12.9. The molecule has 210 valence electrons. The number of hydrogen-bond acceptors (Lipinski definition) is 5. The third kappa shape index (κ3) is 6.41. The molecule has 0 aliphatic heterocycles. The van der Waals surface area contributed by atoms with Crippen LogP contribution in [-0.2, 0) is 9.59 Å². The highest BCUT2D eigenvalue weighted by molar-refractivity contribution is 6.17. The van der Waals surface area contributed by atoms with E-state index in [1.807, 2.05) is 50.3 Å². The van der Waals surface area contributed by atoms with E-state index in [1.165, 1.54) is 30.3 Å². The number of nitrogens with one attached hydrogen (secondary N) is 1. The maximum Gasteiger partial charge on any atom is 0.238 e. The van der Waals surface area contributed by atoms with Crippen molar-refractivity contribution in [2.75, 3.05) is 5.32 Å². The van der Waals surface area contributed by atoms with Crippen molar-refractivity contribution >= 4 is 28.3 Å². The summed E-state index contributed by atoms with van der Waals surface area (Å²) in [6.45, 7) is 7.83. The van der Waals surface area contributed by atoms with E-state index < -0.39 is 11.2 Å². The highest BCUT2D eigenvalue weighted by Gasteiger charge is 2.55. The van der Waals surface area contributed by atoms with Crippen molar-refractivity contribution < 1.29 is 18.7 Å². The monoisotopic (exact) mass is 559 g/mol. The van der Waals surface area contributed by atoms with E-state index in [0.717, 1.165) is 33.3 Å². The molecular weight excluding hydrogens is 529 g/mol. The number of anilines is 1. The number of aromatic nitrogens is 2. The van der Waals surface area contributed by atoms with Gasteiger partial charge in [-0.2, -0.15) is 0 Å². The number of carbonyl (C=O) groups excluding carboxylic acids is 2. The Kier molecular flexibility index (Phi) is 8.20. The van der Waals surface area contributed by atoms with Crippen LogP contribution >= 0.6 is 0 Å². The van der Waals surface area contributed by atoms with Crippen LogP contribution in [0.4, 0.5) is 10.1 Å². The lowest BCUT2D eigenvalue weighted by atomic mass is 9.98. The summed E-state index contributed by atoms with van der Waals surface area (Å²) in [5.74, 6) is -0.00599. The Morgan fingerprint density at radius 2 is 1.64 bits per heavy atom. The Balaban J connectivity index is 1.22. The first-order valence-corrected chi connectivity index (χ1v) is 13.6. The summed E-state index contributed by atoms with van der Waals surface area (Å²) >= 11 is 0. The van der Waals surface area contributed by atoms with E-state index in [9.17, 15) is 14.0 Å². The lowest BCUT2D eigenvalue weighted by molar-refractivity contribution is -0.130. The van der Waals surface area contributed by atoms with Crippen molar-refractivity contribution in [3.05, 3.63) is 133 Å². The molecule has 0 bridgehead atoms. The number of ketones is 1. The fraction of sp³-hybridized carbons (Fsp3) is 0.143. The number of nitrogens with zero attached hydrogens (tertiary/aromatic N) is 2. The summed E-state index contributed by atoms with van der Waals surface area (Å²) in [5.41, 5.74) is 3.96. The zero-order chi connectivity index (χ0) is 29.7. The predicted octanol–water partition coefficient (Wildman–Crippen LogP) is 7.68. The molecule has 0 radical (unpaired) electrons. The average Bonchev–Trinajstić information content (AvgIpc) is 3.81. The van der Waals surface area contributed by atoms with Gasteiger partial charge in [-0.1, -0.05) is 30.9 Å². The van der Waals surface area contributed by atoms with Crippen LogP contribution in [0.25, 0.3) is 22.0 Å². The fourth-order valence-corrected chi connectivity index (χ4v) is 4.55. The van der Waals surface area contributed by atoms with E-state index in [4.69, 9.17) is 4.74 Å². The highest BCUT2D eigenvalue weighted by Crippen LogP contribution is 2.48. The van der Waals surface area contributed by atoms with Gasteiger partial charge < -0.3 is 10.1 Å². The van der Waals surface area contributed by atoms with Crippen molar-refractivity contribution in [1.29, 1.82) is 0 Å². The predicted molar refractivity (Wildman–Crippen MR) is 163 cm³/mol. The molecule has 1 aliphatic rings. The molecule has 2 aromatic heterocycles. The van der Waals surface area contributed by atoms with Gasteiger partial charge >= 0.3 is 0 Å². The summed E-state index contributed by atoms with van der Waals surface area (Å²) in [5, 5.41) is 3.57. The van der Waals surface area contributed by atoms with Gasteiger partial charge in [0.05, 0.1) is 5.52 Å². The smallest absolute Gasteiger partial charge is 0.238 e. The maximum absolute atomic E-state index is 13.2. The molecule has 1 N–H and O–H groups in total. The van der Waals surface area contributed by atoms with E-state index in [-0.39, 0.29) is 11.7 Å². The van der Waals surface area contributed by atoms with Crippen LogP contribution in [0, 0.1) is 18.2 Å². The Bertz CT molecular complexity index is 1770. The lowest BCUT2D eigenvalue weighted by Gasteiger charge is -2.12. The Labute approximate surface area is 244 Å². The first-order valence-electron chi connectivity index (χ1n) is 13.6. The van der Waals surface area contributed by atoms with Gasteiger partial charge in [0.25, 0.3) is 0 Å². The third-order valence-corrected chi connectivity index (χ3v) is 7.15. The number of carbonyl (C=O) groups is 2. The van der Waals surface area contributed by atoms with Gasteiger partial charge in [0, 0.05) is 29.2 Å². The molecule has 42 heavy (non-hydrogen) atoms. The number of amides is 1. The standard InChI is InChI=1S/C35H30FN3O3/c1-4-25(7-14-33(40)35(17-18-35)34(41)39-29-11-9-28(36)10-12-29)6-5-24(3)42-32-16-20-38-31-22-26(8-13-30(31)32)27-15-19-37-23(2)21-27/h4-16,19-22H,3,17-18H2,1-2H3,(H,39,41)/b6-5-,14-7+,25-4+. The van der Waals surface area contributed by atoms with E-state index in [2.05, 4.69) is 21.9 Å². The zero-order valence-electron chi connectivity index (χ0n) is 23.4. The van der Waals surface area contributed by atoms with Crippen LogP contribution in [0.1, 0.15) is 25.5 Å². The molecule has 1 saturated carbocycles. The molecule has 1 amide bonds. The Morgan fingerprint density at radius 1 is 0.929 bits per heavy atom. The van der Waals surface area contributed by atoms with Gasteiger partial charge in [-0.25, -0.2) is 4.39 Å². The molecule has 2 aromatic carbocycles. The van der Waals surface area contributed by atoms with E-state index in [1.54, 1.807) is 36.7 Å². The molecule has 4 aromatic rings. The van der Waals surface area contributed by atoms with Crippen LogP contribution < -0.4 is 10.1 Å². The SMILES string of the molecule is C=C(\C=C/C(/C=C/C(=O)C1(C(=O)Nc2ccc(F)cc2)CC1)=C\C)Oc1ccnc2cc(-c3ccnc(C)c3)ccc12. The second-order valence-corrected chi connectivity index (χ2v) is 10.2. The largest absolute Gasteiger partial charge is 0.457 e. The average molecular weight is 560 g/mol. The highest BCUT2D eigenvalue weighted by atomic mass is 19.1. The summed E-state index contributed by atoms with van der Waals surface area (Å²) in [4.78, 5) is 34.5. The second kappa shape index (κ2) is 12.1. The van der Waals surface area contributed by atoms with Gasteiger partial charge in [-0.3, -0.25) is 19.6 Å². The topological polar surface area (TPSA) is 81.2 Å². The molecule has 0 unspecified atom stereocenters. The molecule has 5 rings (SSSR count). The number of aryl methyl sites for hydroxylation is 1. The number of benzene rings is 2. The van der Waals surface area contributed by atoms with Gasteiger partial charge in [0.2, 0.25) is 5.91 Å². The molecule has 1 aliphatic carbocycles. The van der Waals surface area contributed by atoms with E-state index in [0.29, 0.717) is 30.0 Å². The van der Waals surface area contributed by atoms with Crippen LogP contribution in [-0.4, -0.2) is 21.7 Å². The first kappa shape index (κ1) is 28.4. The maximum atomic E-state index is 13.2. The van der Waals surface area contributed by atoms with Crippen LogP contribution in [0.5, 0.6) is 5.75 Å². The molecular formula is C35H30FN3O3. The zero-order valence-corrected chi connectivity index (χ0v) is 23.4. The Hall–Kier alpha value is -5.17. The summed E-state index contributed by atoms with van der Waals surface area (Å²) in [7, 11) is 0. The number of pyridine rings is 2. The van der Waals surface area contributed by atoms with E-state index >= 15 is 0 Å². The first-order chi connectivity index (χ1) is 20.3. The number of hydrogen-bond donors (Lipinski definition) is 1. The van der Waals surface area contributed by atoms with Crippen molar-refractivity contribution in [3.8, 4) is 16.9 Å². The second-order valence-electron chi connectivity index (χ2n) is 10.2. The van der Waals surface area contributed by atoms with Gasteiger partial charge in [0.1, 0.15) is 22.7 Å².